The van der Waals surface area contributed by atoms with Gasteiger partial charge in [0.25, 0.3) is 5.91 Å². The van der Waals surface area contributed by atoms with Crippen molar-refractivity contribution in [3.8, 4) is 34.5 Å². The number of hydrogen-bond acceptors (Lipinski definition) is 10. The Morgan fingerprint density at radius 3 is 1.91 bits per heavy atom. The molecule has 0 radical (unpaired) electrons. The average Bonchev–Trinajstić information content (AvgIpc) is 3.60. The summed E-state index contributed by atoms with van der Waals surface area (Å²) < 4.78 is 39.5. The summed E-state index contributed by atoms with van der Waals surface area (Å²) in [6.45, 7) is 0. The van der Waals surface area contributed by atoms with Crippen molar-refractivity contribution in [3.63, 3.8) is 0 Å². The van der Waals surface area contributed by atoms with Gasteiger partial charge in [0.2, 0.25) is 11.5 Å². The number of allylic oxidation sites excluding steroid dienone is 1. The lowest BCUT2D eigenvalue weighted by molar-refractivity contribution is -0.116. The smallest absolute Gasteiger partial charge is 0.259 e. The van der Waals surface area contributed by atoms with E-state index >= 15 is 4.79 Å². The molecule has 4 aromatic rings. The second kappa shape index (κ2) is 13.0. The topological polar surface area (TPSA) is 118 Å². The molecule has 1 aliphatic heterocycles. The van der Waals surface area contributed by atoms with E-state index in [0.717, 1.165) is 5.76 Å². The highest BCUT2D eigenvalue weighted by Gasteiger charge is 2.43. The van der Waals surface area contributed by atoms with Crippen LogP contribution in [0, 0.1) is 0 Å². The molecule has 0 fully saturated rings. The largest absolute Gasteiger partial charge is 0.493 e. The maximum absolute atomic E-state index is 15.0. The fourth-order valence-corrected chi connectivity index (χ4v) is 6.46. The number of ether oxygens (including phenoxy) is 6. The number of fused-ring (bicyclic) bond motifs is 1. The minimum Gasteiger partial charge on any atom is -0.493 e. The van der Waals surface area contributed by atoms with Crippen molar-refractivity contribution in [3.05, 3.63) is 95.1 Å². The van der Waals surface area contributed by atoms with E-state index in [4.69, 9.17) is 32.8 Å². The van der Waals surface area contributed by atoms with Crippen molar-refractivity contribution >= 4 is 23.1 Å². The van der Waals surface area contributed by atoms with Gasteiger partial charge in [-0.3, -0.25) is 14.5 Å². The zero-order chi connectivity index (χ0) is 33.2. The number of nitrogens with zero attached hydrogens (tertiary/aromatic N) is 1. The predicted octanol–water partition coefficient (Wildman–Crippen LogP) is 6.55. The molecule has 11 nitrogen and oxygen atoms in total. The molecule has 2 aliphatic rings. The number of hydrogen-bond donors (Lipinski definition) is 1. The van der Waals surface area contributed by atoms with Crippen LogP contribution in [0.25, 0.3) is 0 Å². The van der Waals surface area contributed by atoms with Crippen molar-refractivity contribution in [2.45, 2.75) is 24.8 Å². The van der Waals surface area contributed by atoms with Crippen LogP contribution < -0.4 is 38.6 Å². The van der Waals surface area contributed by atoms with Gasteiger partial charge in [-0.15, -0.1) is 0 Å². The number of methoxy groups -OCH3 is 6. The molecule has 0 saturated carbocycles. The van der Waals surface area contributed by atoms with Crippen molar-refractivity contribution in [2.24, 2.45) is 0 Å². The van der Waals surface area contributed by atoms with Gasteiger partial charge >= 0.3 is 0 Å². The number of ketones is 1. The Morgan fingerprint density at radius 2 is 1.36 bits per heavy atom. The third-order valence-corrected chi connectivity index (χ3v) is 8.57. The molecular formula is C36H36N2O9. The number of Topliss-reactive ketones (excluding diaryl/α,β-unsaturated/α-hetero) is 1. The average molecular weight is 641 g/mol. The van der Waals surface area contributed by atoms with Crippen LogP contribution in [0.5, 0.6) is 34.5 Å². The highest BCUT2D eigenvalue weighted by Crippen LogP contribution is 2.51. The normalized spacial score (nSPS) is 17.1. The van der Waals surface area contributed by atoms with E-state index in [2.05, 4.69) is 5.32 Å². The Bertz CT molecular complexity index is 1800. The molecule has 1 N–H and O–H groups in total. The van der Waals surface area contributed by atoms with Crippen LogP contribution in [0.3, 0.4) is 0 Å². The first-order valence-corrected chi connectivity index (χ1v) is 15.0. The van der Waals surface area contributed by atoms with Gasteiger partial charge < -0.3 is 38.2 Å². The van der Waals surface area contributed by atoms with Crippen LogP contribution in [0.4, 0.5) is 11.4 Å². The summed E-state index contributed by atoms with van der Waals surface area (Å²) in [7, 11) is 9.04. The first-order chi connectivity index (χ1) is 22.9. The van der Waals surface area contributed by atoms with E-state index in [1.54, 1.807) is 35.4 Å². The number of furan rings is 1. The van der Waals surface area contributed by atoms with E-state index in [-0.39, 0.29) is 23.7 Å². The first-order valence-electron chi connectivity index (χ1n) is 15.0. The van der Waals surface area contributed by atoms with Gasteiger partial charge in [-0.25, -0.2) is 0 Å². The second-order valence-electron chi connectivity index (χ2n) is 11.0. The molecule has 1 amide bonds. The Morgan fingerprint density at radius 1 is 0.766 bits per heavy atom. The summed E-state index contributed by atoms with van der Waals surface area (Å²) in [5.74, 6) is 2.12. The Balaban J connectivity index is 1.64. The van der Waals surface area contributed by atoms with Gasteiger partial charge in [0.05, 0.1) is 66.3 Å². The molecule has 0 saturated heterocycles. The Labute approximate surface area is 272 Å². The fraction of sp³-hybridized carbons (Fsp3) is 0.278. The number of para-hydroxylation sites is 2. The van der Waals surface area contributed by atoms with E-state index < -0.39 is 11.9 Å². The number of benzene rings is 3. The zero-order valence-corrected chi connectivity index (χ0v) is 27.0. The van der Waals surface area contributed by atoms with Crippen molar-refractivity contribution in [1.82, 2.24) is 0 Å². The van der Waals surface area contributed by atoms with Crippen molar-refractivity contribution in [1.29, 1.82) is 0 Å². The number of carbonyl (C=O) groups excluding carboxylic acids is 2. The van der Waals surface area contributed by atoms with Crippen molar-refractivity contribution < 1.29 is 42.4 Å². The monoisotopic (exact) mass is 640 g/mol. The standard InChI is InChI=1S/C36H36N2O9/c1-41-28-16-21(17-29(42-2)34(28)45-5)33-32-24(14-20(15-26(32)39)27-12-9-13-47-27)37-23-10-7-8-11-25(23)38(33)36(40)22-18-30(43-3)35(46-6)31(19-22)44-4/h7-13,16-20,33,37H,14-15H2,1-6H3/t20-,33-/m0/s1. The van der Waals surface area contributed by atoms with Gasteiger partial charge in [0, 0.05) is 29.2 Å². The van der Waals surface area contributed by atoms with Gasteiger partial charge in [-0.05, 0) is 60.5 Å². The number of anilines is 2. The lowest BCUT2D eigenvalue weighted by Gasteiger charge is -2.35. The summed E-state index contributed by atoms with van der Waals surface area (Å²) >= 11 is 0. The molecule has 6 rings (SSSR count). The van der Waals surface area contributed by atoms with Gasteiger partial charge in [-0.1, -0.05) is 12.1 Å². The Kier molecular flexibility index (Phi) is 8.71. The summed E-state index contributed by atoms with van der Waals surface area (Å²) in [6, 6.07) is 17.0. The fourth-order valence-electron chi connectivity index (χ4n) is 6.46. The number of carbonyl (C=O) groups is 2. The minimum atomic E-state index is -0.911. The third-order valence-electron chi connectivity index (χ3n) is 8.57. The molecule has 0 bridgehead atoms. The molecular weight excluding hydrogens is 604 g/mol. The third kappa shape index (κ3) is 5.47. The second-order valence-corrected chi connectivity index (χ2v) is 11.0. The maximum Gasteiger partial charge on any atom is 0.259 e. The molecule has 1 aliphatic carbocycles. The molecule has 2 heterocycles. The molecule has 2 atom stereocenters. The summed E-state index contributed by atoms with van der Waals surface area (Å²) in [5.41, 5.74) is 3.18. The molecule has 244 valence electrons. The lowest BCUT2D eigenvalue weighted by Crippen LogP contribution is -2.38. The van der Waals surface area contributed by atoms with Crippen LogP contribution in [-0.2, 0) is 4.79 Å². The van der Waals surface area contributed by atoms with Gasteiger partial charge in [-0.2, -0.15) is 0 Å². The maximum atomic E-state index is 15.0. The molecule has 0 unspecified atom stereocenters. The van der Waals surface area contributed by atoms with E-state index in [1.807, 2.05) is 36.4 Å². The van der Waals surface area contributed by atoms with Crippen LogP contribution in [0.2, 0.25) is 0 Å². The van der Waals surface area contributed by atoms with Crippen LogP contribution >= 0.6 is 0 Å². The minimum absolute atomic E-state index is 0.130. The Hall–Kier alpha value is -5.58. The van der Waals surface area contributed by atoms with Gasteiger partial charge in [0.15, 0.2) is 28.8 Å². The molecule has 11 heteroatoms. The summed E-state index contributed by atoms with van der Waals surface area (Å²) in [4.78, 5) is 31.1. The summed E-state index contributed by atoms with van der Waals surface area (Å²) in [6.07, 6.45) is 2.28. The van der Waals surface area contributed by atoms with Crippen LogP contribution in [0.1, 0.15) is 46.5 Å². The molecule has 3 aromatic carbocycles. The lowest BCUT2D eigenvalue weighted by atomic mass is 9.79. The van der Waals surface area contributed by atoms with E-state index in [9.17, 15) is 4.79 Å². The molecule has 47 heavy (non-hydrogen) atoms. The number of rotatable bonds is 9. The molecule has 1 aromatic heterocycles. The zero-order valence-electron chi connectivity index (χ0n) is 27.0. The predicted molar refractivity (Wildman–Crippen MR) is 175 cm³/mol. The molecule has 0 spiro atoms. The van der Waals surface area contributed by atoms with Crippen LogP contribution in [0.15, 0.2) is 82.6 Å². The highest BCUT2D eigenvalue weighted by molar-refractivity contribution is 6.12. The van der Waals surface area contributed by atoms with E-state index in [1.165, 1.54) is 42.7 Å². The number of nitrogens with one attached hydrogen (secondary N) is 1. The quantitative estimate of drug-likeness (QED) is 0.216. The summed E-state index contributed by atoms with van der Waals surface area (Å²) in [5, 5.41) is 3.53. The van der Waals surface area contributed by atoms with Gasteiger partial charge in [0.1, 0.15) is 5.76 Å². The van der Waals surface area contributed by atoms with E-state index in [0.29, 0.717) is 69.1 Å². The highest BCUT2D eigenvalue weighted by atomic mass is 16.5. The SMILES string of the molecule is COc1cc(C(=O)N2c3ccccc3NC3=C(C(=O)C[C@@H](c4ccco4)C3)[C@@H]2c2cc(OC)c(OC)c(OC)c2)cc(OC)c1OC. The van der Waals surface area contributed by atoms with Crippen LogP contribution in [-0.4, -0.2) is 54.3 Å². The number of amides is 1. The first kappa shape index (κ1) is 31.4. The van der Waals surface area contributed by atoms with Crippen molar-refractivity contribution in [2.75, 3.05) is 52.9 Å².